The van der Waals surface area contributed by atoms with Gasteiger partial charge in [0.2, 0.25) is 11.8 Å². The fourth-order valence-electron chi connectivity index (χ4n) is 1.74. The minimum atomic E-state index is -0.330. The number of nitrogens with zero attached hydrogens (tertiary/aromatic N) is 1. The predicted molar refractivity (Wildman–Crippen MR) is 59.4 cm³/mol. The van der Waals surface area contributed by atoms with Crippen LogP contribution < -0.4 is 5.32 Å². The average molecular weight is 236 g/mol. The van der Waals surface area contributed by atoms with E-state index in [1.54, 1.807) is 18.2 Å². The molecule has 1 saturated heterocycles. The van der Waals surface area contributed by atoms with Gasteiger partial charge in [0.15, 0.2) is 0 Å². The molecule has 1 N–H and O–H groups in total. The summed E-state index contributed by atoms with van der Waals surface area (Å²) in [6.07, 6.45) is 0.264. The third-order valence-electron chi connectivity index (χ3n) is 2.72. The van der Waals surface area contributed by atoms with Crippen molar-refractivity contribution in [3.63, 3.8) is 0 Å². The summed E-state index contributed by atoms with van der Waals surface area (Å²) in [6.45, 7) is 0.534. The SMILES string of the molecule is O=C1CCN(Cc2ccccc2F)C(=O)CN1. The van der Waals surface area contributed by atoms with Gasteiger partial charge in [-0.25, -0.2) is 4.39 Å². The Hall–Kier alpha value is -1.91. The second kappa shape index (κ2) is 4.95. The third kappa shape index (κ3) is 2.81. The number of amides is 2. The van der Waals surface area contributed by atoms with Crippen molar-refractivity contribution < 1.29 is 14.0 Å². The first-order valence-electron chi connectivity index (χ1n) is 5.44. The van der Waals surface area contributed by atoms with Gasteiger partial charge in [-0.1, -0.05) is 18.2 Å². The number of carbonyl (C=O) groups excluding carboxylic acids is 2. The Bertz CT molecular complexity index is 448. The van der Waals surface area contributed by atoms with Gasteiger partial charge in [0.25, 0.3) is 0 Å². The van der Waals surface area contributed by atoms with Gasteiger partial charge >= 0.3 is 0 Å². The van der Waals surface area contributed by atoms with Crippen LogP contribution >= 0.6 is 0 Å². The van der Waals surface area contributed by atoms with Crippen molar-refractivity contribution in [3.8, 4) is 0 Å². The molecule has 0 bridgehead atoms. The van der Waals surface area contributed by atoms with E-state index in [1.165, 1.54) is 11.0 Å². The van der Waals surface area contributed by atoms with Crippen molar-refractivity contribution in [2.24, 2.45) is 0 Å². The number of nitrogens with one attached hydrogen (secondary N) is 1. The van der Waals surface area contributed by atoms with Crippen LogP contribution in [0.2, 0.25) is 0 Å². The molecule has 17 heavy (non-hydrogen) atoms. The summed E-state index contributed by atoms with van der Waals surface area (Å²) in [5, 5.41) is 2.50. The van der Waals surface area contributed by atoms with E-state index in [4.69, 9.17) is 0 Å². The maximum Gasteiger partial charge on any atom is 0.242 e. The molecule has 2 rings (SSSR count). The molecule has 0 atom stereocenters. The molecule has 0 spiro atoms. The van der Waals surface area contributed by atoms with E-state index < -0.39 is 0 Å². The molecule has 0 unspecified atom stereocenters. The minimum Gasteiger partial charge on any atom is -0.347 e. The van der Waals surface area contributed by atoms with Crippen molar-refractivity contribution in [2.45, 2.75) is 13.0 Å². The Balaban J connectivity index is 2.10. The van der Waals surface area contributed by atoms with E-state index in [2.05, 4.69) is 5.32 Å². The van der Waals surface area contributed by atoms with Crippen LogP contribution in [0.15, 0.2) is 24.3 Å². The van der Waals surface area contributed by atoms with E-state index in [-0.39, 0.29) is 37.1 Å². The number of rotatable bonds is 2. The van der Waals surface area contributed by atoms with Crippen LogP contribution in [0.1, 0.15) is 12.0 Å². The summed E-state index contributed by atoms with van der Waals surface area (Å²) in [6, 6.07) is 6.34. The monoisotopic (exact) mass is 236 g/mol. The summed E-state index contributed by atoms with van der Waals surface area (Å²) in [7, 11) is 0. The second-order valence-corrected chi connectivity index (χ2v) is 3.93. The van der Waals surface area contributed by atoms with Crippen LogP contribution in [-0.2, 0) is 16.1 Å². The zero-order chi connectivity index (χ0) is 12.3. The molecule has 5 heteroatoms. The van der Waals surface area contributed by atoms with Gasteiger partial charge < -0.3 is 10.2 Å². The van der Waals surface area contributed by atoms with Gasteiger partial charge in [-0.05, 0) is 6.07 Å². The summed E-state index contributed by atoms with van der Waals surface area (Å²) in [5.41, 5.74) is 0.468. The van der Waals surface area contributed by atoms with Crippen molar-refractivity contribution in [1.82, 2.24) is 10.2 Å². The lowest BCUT2D eigenvalue weighted by Crippen LogP contribution is -2.34. The topological polar surface area (TPSA) is 49.4 Å². The molecule has 2 amide bonds. The molecule has 1 aliphatic rings. The molecule has 1 aromatic carbocycles. The number of hydrogen-bond donors (Lipinski definition) is 1. The van der Waals surface area contributed by atoms with E-state index in [1.807, 2.05) is 0 Å². The fraction of sp³-hybridized carbons (Fsp3) is 0.333. The van der Waals surface area contributed by atoms with Gasteiger partial charge in [0.1, 0.15) is 5.82 Å². The first-order valence-corrected chi connectivity index (χ1v) is 5.44. The Labute approximate surface area is 98.4 Å². The van der Waals surface area contributed by atoms with E-state index in [0.717, 1.165) is 0 Å². The van der Waals surface area contributed by atoms with E-state index in [0.29, 0.717) is 12.1 Å². The first-order chi connectivity index (χ1) is 8.16. The lowest BCUT2D eigenvalue weighted by atomic mass is 10.2. The molecule has 0 saturated carbocycles. The Morgan fingerprint density at radius 2 is 2.06 bits per heavy atom. The highest BCUT2D eigenvalue weighted by Crippen LogP contribution is 2.11. The lowest BCUT2D eigenvalue weighted by molar-refractivity contribution is -0.130. The van der Waals surface area contributed by atoms with Gasteiger partial charge in [-0.15, -0.1) is 0 Å². The van der Waals surface area contributed by atoms with E-state index in [9.17, 15) is 14.0 Å². The van der Waals surface area contributed by atoms with Crippen molar-refractivity contribution in [2.75, 3.05) is 13.1 Å². The Morgan fingerprint density at radius 1 is 1.29 bits per heavy atom. The minimum absolute atomic E-state index is 0.00666. The predicted octanol–water partition coefficient (Wildman–Crippen LogP) is 0.674. The third-order valence-corrected chi connectivity index (χ3v) is 2.72. The highest BCUT2D eigenvalue weighted by Gasteiger charge is 2.20. The Morgan fingerprint density at radius 3 is 2.82 bits per heavy atom. The fourth-order valence-corrected chi connectivity index (χ4v) is 1.74. The smallest absolute Gasteiger partial charge is 0.242 e. The second-order valence-electron chi connectivity index (χ2n) is 3.93. The van der Waals surface area contributed by atoms with Crippen LogP contribution in [0.3, 0.4) is 0 Å². The molecular formula is C12H13FN2O2. The van der Waals surface area contributed by atoms with Crippen LogP contribution in [-0.4, -0.2) is 29.8 Å². The number of benzene rings is 1. The summed E-state index contributed by atoms with van der Waals surface area (Å²) in [4.78, 5) is 24.3. The lowest BCUT2D eigenvalue weighted by Gasteiger charge is -2.19. The van der Waals surface area contributed by atoms with Crippen LogP contribution in [0, 0.1) is 5.82 Å². The van der Waals surface area contributed by atoms with Crippen molar-refractivity contribution >= 4 is 11.8 Å². The maximum absolute atomic E-state index is 13.4. The molecule has 90 valence electrons. The molecule has 4 nitrogen and oxygen atoms in total. The molecule has 0 aromatic heterocycles. The maximum atomic E-state index is 13.4. The van der Waals surface area contributed by atoms with Gasteiger partial charge in [-0.2, -0.15) is 0 Å². The van der Waals surface area contributed by atoms with Crippen LogP contribution in [0.4, 0.5) is 4.39 Å². The zero-order valence-electron chi connectivity index (χ0n) is 9.28. The standard InChI is InChI=1S/C12H13FN2O2/c13-10-4-2-1-3-9(10)8-15-6-5-11(16)14-7-12(15)17/h1-4H,5-8H2,(H,14,16). The Kier molecular flexibility index (Phi) is 3.37. The quantitative estimate of drug-likeness (QED) is 0.820. The molecule has 1 aliphatic heterocycles. The van der Waals surface area contributed by atoms with Gasteiger partial charge in [0, 0.05) is 25.1 Å². The highest BCUT2D eigenvalue weighted by molar-refractivity contribution is 5.87. The van der Waals surface area contributed by atoms with E-state index >= 15 is 0 Å². The number of hydrogen-bond acceptors (Lipinski definition) is 2. The van der Waals surface area contributed by atoms with Gasteiger partial charge in [-0.3, -0.25) is 9.59 Å². The van der Waals surface area contributed by atoms with Crippen LogP contribution in [0.25, 0.3) is 0 Å². The number of carbonyl (C=O) groups is 2. The first kappa shape index (κ1) is 11.6. The van der Waals surface area contributed by atoms with Crippen molar-refractivity contribution in [1.29, 1.82) is 0 Å². The summed E-state index contributed by atoms with van der Waals surface area (Å²) < 4.78 is 13.4. The zero-order valence-corrected chi connectivity index (χ0v) is 9.28. The number of halogens is 1. The molecule has 1 aromatic rings. The molecule has 1 heterocycles. The van der Waals surface area contributed by atoms with Gasteiger partial charge in [0.05, 0.1) is 6.54 Å². The average Bonchev–Trinajstić information content (AvgIpc) is 2.47. The highest BCUT2D eigenvalue weighted by atomic mass is 19.1. The summed E-state index contributed by atoms with van der Waals surface area (Å²) in [5.74, 6) is -0.655. The summed E-state index contributed by atoms with van der Waals surface area (Å²) >= 11 is 0. The normalized spacial score (nSPS) is 16.6. The van der Waals surface area contributed by atoms with Crippen molar-refractivity contribution in [3.05, 3.63) is 35.6 Å². The molecule has 0 aliphatic carbocycles. The molecular weight excluding hydrogens is 223 g/mol. The molecule has 0 radical (unpaired) electrons. The van der Waals surface area contributed by atoms with Crippen LogP contribution in [0.5, 0.6) is 0 Å². The largest absolute Gasteiger partial charge is 0.347 e. The molecule has 1 fully saturated rings.